The molecule has 6 nitrogen and oxygen atoms in total. The van der Waals surface area contributed by atoms with Crippen molar-refractivity contribution in [2.75, 3.05) is 31.1 Å². The highest BCUT2D eigenvalue weighted by molar-refractivity contribution is 9.10. The molecule has 0 atom stereocenters. The number of rotatable bonds is 6. The van der Waals surface area contributed by atoms with E-state index in [0.29, 0.717) is 50.2 Å². The van der Waals surface area contributed by atoms with E-state index in [1.165, 1.54) is 0 Å². The quantitative estimate of drug-likeness (QED) is 0.671. The fraction of sp³-hybridized carbons (Fsp3) is 0.526. The molecule has 1 aromatic rings. The number of amides is 2. The maximum Gasteiger partial charge on any atom is 0.269 e. The molecule has 2 aliphatic rings. The molecule has 0 radical (unpaired) electrons. The second kappa shape index (κ2) is 9.10. The van der Waals surface area contributed by atoms with Crippen molar-refractivity contribution >= 4 is 45.2 Å². The molecule has 0 aliphatic carbocycles. The van der Waals surface area contributed by atoms with Gasteiger partial charge in [0.25, 0.3) is 11.8 Å². The zero-order valence-electron chi connectivity index (χ0n) is 15.4. The van der Waals surface area contributed by atoms with E-state index in [1.807, 2.05) is 29.2 Å². The van der Waals surface area contributed by atoms with Crippen LogP contribution < -0.4 is 5.32 Å². The van der Waals surface area contributed by atoms with Crippen LogP contribution in [0, 0.1) is 0 Å². The lowest BCUT2D eigenvalue weighted by molar-refractivity contribution is -0.114. The number of halogens is 1. The van der Waals surface area contributed by atoms with Crippen LogP contribution in [-0.2, 0) is 9.63 Å². The van der Waals surface area contributed by atoms with Crippen LogP contribution >= 0.6 is 27.7 Å². The summed E-state index contributed by atoms with van der Waals surface area (Å²) in [5.41, 5.74) is 0.702. The summed E-state index contributed by atoms with van der Waals surface area (Å²) >= 11 is 5.17. The molecule has 2 heterocycles. The Balaban J connectivity index is 1.48. The van der Waals surface area contributed by atoms with E-state index in [9.17, 15) is 9.59 Å². The molecule has 8 heteroatoms. The summed E-state index contributed by atoms with van der Waals surface area (Å²) in [5.74, 6) is 1.83. The van der Waals surface area contributed by atoms with Crippen LogP contribution in [0.1, 0.15) is 36.5 Å². The minimum Gasteiger partial charge on any atom is -0.388 e. The fourth-order valence-corrected chi connectivity index (χ4v) is 4.09. The third-order valence-electron chi connectivity index (χ3n) is 4.89. The Kier molecular flexibility index (Phi) is 6.81. The topological polar surface area (TPSA) is 71.0 Å². The number of benzene rings is 1. The van der Waals surface area contributed by atoms with E-state index in [1.54, 1.807) is 11.8 Å². The van der Waals surface area contributed by atoms with Crippen LogP contribution in [0.15, 0.2) is 33.9 Å². The number of nitrogens with zero attached hydrogens (tertiary/aromatic N) is 2. The molecule has 0 unspecified atom stereocenters. The summed E-state index contributed by atoms with van der Waals surface area (Å²) in [4.78, 5) is 32.4. The molecule has 1 spiro atoms. The highest BCUT2D eigenvalue weighted by Gasteiger charge is 2.44. The zero-order valence-corrected chi connectivity index (χ0v) is 17.8. The van der Waals surface area contributed by atoms with E-state index in [4.69, 9.17) is 4.84 Å². The molecule has 3 rings (SSSR count). The average Bonchev–Trinajstić information content (AvgIpc) is 3.09. The van der Waals surface area contributed by atoms with Gasteiger partial charge in [-0.25, -0.2) is 0 Å². The third-order valence-corrected chi connectivity index (χ3v) is 6.32. The molecule has 2 aliphatic heterocycles. The predicted octanol–water partition coefficient (Wildman–Crippen LogP) is 3.07. The highest BCUT2D eigenvalue weighted by atomic mass is 79.9. The molecule has 1 N–H and O–H groups in total. The summed E-state index contributed by atoms with van der Waals surface area (Å²) < 4.78 is 0.951. The highest BCUT2D eigenvalue weighted by Crippen LogP contribution is 2.35. The summed E-state index contributed by atoms with van der Waals surface area (Å²) in [6.45, 7) is 3.94. The second-order valence-corrected chi connectivity index (χ2v) is 9.05. The number of likely N-dealkylation sites (tertiary alicyclic amines) is 1. The molecule has 0 aromatic heterocycles. The van der Waals surface area contributed by atoms with Gasteiger partial charge in [0.1, 0.15) is 11.3 Å². The first-order valence-electron chi connectivity index (χ1n) is 9.19. The van der Waals surface area contributed by atoms with E-state index >= 15 is 0 Å². The number of carbonyl (C=O) groups is 2. The average molecular weight is 454 g/mol. The summed E-state index contributed by atoms with van der Waals surface area (Å²) in [6.07, 6.45) is 1.88. The number of hydrogen-bond donors (Lipinski definition) is 1. The first-order valence-corrected chi connectivity index (χ1v) is 11.1. The Hall–Kier alpha value is -1.54. The van der Waals surface area contributed by atoms with Crippen molar-refractivity contribution < 1.29 is 14.4 Å². The number of piperidine rings is 1. The molecule has 1 aromatic carbocycles. The van der Waals surface area contributed by atoms with Crippen molar-refractivity contribution in [3.8, 4) is 0 Å². The van der Waals surface area contributed by atoms with Crippen LogP contribution in [0.2, 0.25) is 0 Å². The van der Waals surface area contributed by atoms with Crippen molar-refractivity contribution in [1.82, 2.24) is 10.2 Å². The predicted molar refractivity (Wildman–Crippen MR) is 111 cm³/mol. The molecule has 146 valence electrons. The number of carbonyl (C=O) groups excluding carboxylic acids is 2. The summed E-state index contributed by atoms with van der Waals surface area (Å²) in [7, 11) is 0. The first kappa shape index (κ1) is 20.2. The van der Waals surface area contributed by atoms with Gasteiger partial charge in [0.05, 0.1) is 0 Å². The molecule has 1 saturated heterocycles. The van der Waals surface area contributed by atoms with Crippen LogP contribution in [-0.4, -0.2) is 59.2 Å². The molecule has 27 heavy (non-hydrogen) atoms. The second-order valence-electron chi connectivity index (χ2n) is 6.74. The Morgan fingerprint density at radius 3 is 2.67 bits per heavy atom. The first-order chi connectivity index (χ1) is 13.0. The van der Waals surface area contributed by atoms with Gasteiger partial charge in [0.2, 0.25) is 0 Å². The number of thioether (sulfide) groups is 1. The third kappa shape index (κ3) is 5.04. The van der Waals surface area contributed by atoms with E-state index in [-0.39, 0.29) is 11.8 Å². The van der Waals surface area contributed by atoms with Crippen molar-refractivity contribution in [2.24, 2.45) is 5.16 Å². The number of oxime groups is 1. The van der Waals surface area contributed by atoms with Gasteiger partial charge in [-0.15, -0.1) is 0 Å². The van der Waals surface area contributed by atoms with Gasteiger partial charge in [0.15, 0.2) is 0 Å². The minimum absolute atomic E-state index is 0.0302. The molecular formula is C19H24BrN3O3S. The number of hydrogen-bond acceptors (Lipinski definition) is 5. The lowest BCUT2D eigenvalue weighted by atomic mass is 9.86. The molecular weight excluding hydrogens is 430 g/mol. The van der Waals surface area contributed by atoms with E-state index in [2.05, 4.69) is 33.3 Å². The van der Waals surface area contributed by atoms with Crippen LogP contribution in [0.3, 0.4) is 0 Å². The van der Waals surface area contributed by atoms with Gasteiger partial charge in [-0.1, -0.05) is 28.0 Å². The number of nitrogens with one attached hydrogen (secondary N) is 1. The Morgan fingerprint density at radius 2 is 2.00 bits per heavy atom. The Bertz CT molecular complexity index is 715. The minimum atomic E-state index is -0.443. The molecule has 1 fully saturated rings. The van der Waals surface area contributed by atoms with Crippen LogP contribution in [0.4, 0.5) is 0 Å². The van der Waals surface area contributed by atoms with Gasteiger partial charge >= 0.3 is 0 Å². The zero-order chi connectivity index (χ0) is 19.3. The van der Waals surface area contributed by atoms with Gasteiger partial charge in [-0.05, 0) is 30.0 Å². The summed E-state index contributed by atoms with van der Waals surface area (Å²) in [6, 6.07) is 7.39. The maximum atomic E-state index is 12.6. The van der Waals surface area contributed by atoms with Crippen molar-refractivity contribution in [3.63, 3.8) is 0 Å². The normalized spacial score (nSPS) is 18.1. The van der Waals surface area contributed by atoms with Gasteiger partial charge < -0.3 is 15.1 Å². The SMILES string of the molecule is CCSCCNC(=O)C1=NOC2(CCN(C(=O)c3ccc(Br)cc3)CC2)C1. The van der Waals surface area contributed by atoms with Crippen molar-refractivity contribution in [1.29, 1.82) is 0 Å². The van der Waals surface area contributed by atoms with Crippen LogP contribution in [0.25, 0.3) is 0 Å². The lowest BCUT2D eigenvalue weighted by Gasteiger charge is -2.37. The van der Waals surface area contributed by atoms with E-state index < -0.39 is 5.60 Å². The standard InChI is InChI=1S/C19H24BrN3O3S/c1-2-27-12-9-21-17(24)16-13-19(26-22-16)7-10-23(11-8-19)18(25)14-3-5-15(20)6-4-14/h3-6H,2,7-13H2,1H3,(H,21,24). The Labute approximate surface area is 172 Å². The monoisotopic (exact) mass is 453 g/mol. The molecule has 0 bridgehead atoms. The van der Waals surface area contributed by atoms with Crippen molar-refractivity contribution in [2.45, 2.75) is 31.8 Å². The lowest BCUT2D eigenvalue weighted by Crippen LogP contribution is -2.47. The maximum absolute atomic E-state index is 12.6. The fourth-order valence-electron chi connectivity index (χ4n) is 3.29. The Morgan fingerprint density at radius 1 is 1.30 bits per heavy atom. The summed E-state index contributed by atoms with van der Waals surface area (Å²) in [5, 5.41) is 6.93. The molecule has 2 amide bonds. The van der Waals surface area contributed by atoms with Crippen molar-refractivity contribution in [3.05, 3.63) is 34.3 Å². The smallest absolute Gasteiger partial charge is 0.269 e. The van der Waals surface area contributed by atoms with Gasteiger partial charge in [-0.3, -0.25) is 9.59 Å². The largest absolute Gasteiger partial charge is 0.388 e. The molecule has 0 saturated carbocycles. The van der Waals surface area contributed by atoms with Gasteiger partial charge in [0, 0.05) is 54.7 Å². The van der Waals surface area contributed by atoms with Crippen LogP contribution in [0.5, 0.6) is 0 Å². The van der Waals surface area contributed by atoms with E-state index in [0.717, 1.165) is 16.0 Å². The van der Waals surface area contributed by atoms with Gasteiger partial charge in [-0.2, -0.15) is 11.8 Å².